The lowest BCUT2D eigenvalue weighted by Crippen LogP contribution is -1.98. The third-order valence-electron chi connectivity index (χ3n) is 2.56. The van der Waals surface area contributed by atoms with Crippen molar-refractivity contribution in [3.8, 4) is 0 Å². The standard InChI is InChI=1S/C7H16Si/c1-2-6-4-3-5-7(6)8/h6-7H,2-5H2,1,8H3. The normalized spacial score (nSPS) is 38.6. The molecule has 0 nitrogen and oxygen atoms in total. The van der Waals surface area contributed by atoms with Gasteiger partial charge < -0.3 is 0 Å². The number of hydrogen-bond donors (Lipinski definition) is 0. The van der Waals surface area contributed by atoms with Crippen LogP contribution in [0, 0.1) is 5.92 Å². The van der Waals surface area contributed by atoms with Gasteiger partial charge in [0.1, 0.15) is 0 Å². The molecule has 0 amide bonds. The van der Waals surface area contributed by atoms with Crippen LogP contribution in [-0.2, 0) is 0 Å². The summed E-state index contributed by atoms with van der Waals surface area (Å²) in [5.74, 6) is 1.13. The number of hydrogen-bond acceptors (Lipinski definition) is 0. The van der Waals surface area contributed by atoms with Gasteiger partial charge in [0.2, 0.25) is 0 Å². The maximum absolute atomic E-state index is 2.33. The van der Waals surface area contributed by atoms with Crippen LogP contribution in [0.5, 0.6) is 0 Å². The van der Waals surface area contributed by atoms with Crippen LogP contribution in [0.3, 0.4) is 0 Å². The molecule has 0 saturated heterocycles. The molecule has 0 N–H and O–H groups in total. The smallest absolute Gasteiger partial charge is 0.00708 e. The first-order valence-electron chi connectivity index (χ1n) is 3.84. The summed E-state index contributed by atoms with van der Waals surface area (Å²) in [5.41, 5.74) is 1.17. The highest BCUT2D eigenvalue weighted by molar-refractivity contribution is 6.11. The molecular weight excluding hydrogens is 112 g/mol. The van der Waals surface area contributed by atoms with Gasteiger partial charge in [0.15, 0.2) is 0 Å². The van der Waals surface area contributed by atoms with Crippen LogP contribution >= 0.6 is 0 Å². The molecule has 2 unspecified atom stereocenters. The van der Waals surface area contributed by atoms with E-state index in [1.807, 2.05) is 0 Å². The van der Waals surface area contributed by atoms with Crippen LogP contribution in [0.25, 0.3) is 0 Å². The molecule has 2 atom stereocenters. The van der Waals surface area contributed by atoms with Crippen molar-refractivity contribution in [3.63, 3.8) is 0 Å². The zero-order valence-electron chi connectivity index (χ0n) is 5.98. The van der Waals surface area contributed by atoms with Crippen molar-refractivity contribution in [2.45, 2.75) is 38.1 Å². The monoisotopic (exact) mass is 128 g/mol. The van der Waals surface area contributed by atoms with Crippen molar-refractivity contribution in [2.24, 2.45) is 5.92 Å². The van der Waals surface area contributed by atoms with E-state index in [1.165, 1.54) is 35.0 Å². The number of rotatable bonds is 1. The Bertz CT molecular complexity index is 70.8. The SMILES string of the molecule is CCC1CCCC1[SiH3]. The van der Waals surface area contributed by atoms with Crippen molar-refractivity contribution < 1.29 is 0 Å². The second-order valence-electron chi connectivity index (χ2n) is 3.08. The van der Waals surface area contributed by atoms with E-state index in [9.17, 15) is 0 Å². The van der Waals surface area contributed by atoms with Gasteiger partial charge in [-0.25, -0.2) is 0 Å². The summed E-state index contributed by atoms with van der Waals surface area (Å²) in [6, 6.07) is 0. The molecular formula is C7H16Si. The van der Waals surface area contributed by atoms with Crippen LogP contribution in [0.1, 0.15) is 32.6 Å². The van der Waals surface area contributed by atoms with Gasteiger partial charge in [-0.3, -0.25) is 0 Å². The van der Waals surface area contributed by atoms with E-state index in [-0.39, 0.29) is 0 Å². The third-order valence-corrected chi connectivity index (χ3v) is 4.08. The summed E-state index contributed by atoms with van der Waals surface area (Å²) in [4.78, 5) is 0. The quantitative estimate of drug-likeness (QED) is 0.468. The highest BCUT2D eigenvalue weighted by atomic mass is 28.1. The van der Waals surface area contributed by atoms with Crippen molar-refractivity contribution in [2.75, 3.05) is 0 Å². The van der Waals surface area contributed by atoms with Crippen molar-refractivity contribution in [1.82, 2.24) is 0 Å². The Morgan fingerprint density at radius 2 is 2.25 bits per heavy atom. The lowest BCUT2D eigenvalue weighted by atomic mass is 10.1. The molecule has 1 fully saturated rings. The van der Waals surface area contributed by atoms with Gasteiger partial charge in [0.25, 0.3) is 0 Å². The van der Waals surface area contributed by atoms with Gasteiger partial charge in [-0.2, -0.15) is 0 Å². The molecule has 1 saturated carbocycles. The fourth-order valence-corrected chi connectivity index (χ4v) is 3.04. The van der Waals surface area contributed by atoms with Crippen LogP contribution in [0.4, 0.5) is 0 Å². The maximum atomic E-state index is 2.33. The first-order chi connectivity index (χ1) is 3.84. The maximum Gasteiger partial charge on any atom is 0.00708 e. The molecule has 48 valence electrons. The van der Waals surface area contributed by atoms with Gasteiger partial charge in [0.05, 0.1) is 0 Å². The molecule has 1 aliphatic rings. The van der Waals surface area contributed by atoms with Crippen molar-refractivity contribution >= 4 is 10.2 Å². The Kier molecular flexibility index (Phi) is 2.12. The largest absolute Gasteiger partial charge is 0.0651 e. The molecule has 0 aromatic heterocycles. The summed E-state index contributed by atoms with van der Waals surface area (Å²) in [5, 5.41) is 0. The Balaban J connectivity index is 2.30. The van der Waals surface area contributed by atoms with E-state index in [2.05, 4.69) is 6.92 Å². The summed E-state index contributed by atoms with van der Waals surface area (Å²) < 4.78 is 0. The molecule has 0 aliphatic heterocycles. The van der Waals surface area contributed by atoms with E-state index in [4.69, 9.17) is 0 Å². The Labute approximate surface area is 55.1 Å². The van der Waals surface area contributed by atoms with Gasteiger partial charge in [0, 0.05) is 10.2 Å². The zero-order valence-corrected chi connectivity index (χ0v) is 7.98. The Morgan fingerprint density at radius 3 is 2.50 bits per heavy atom. The van der Waals surface area contributed by atoms with Gasteiger partial charge in [-0.1, -0.05) is 38.1 Å². The average Bonchev–Trinajstić information content (AvgIpc) is 2.14. The molecule has 1 rings (SSSR count). The summed E-state index contributed by atoms with van der Waals surface area (Å²) in [6.45, 7) is 2.33. The van der Waals surface area contributed by atoms with E-state index >= 15 is 0 Å². The van der Waals surface area contributed by atoms with E-state index in [1.54, 1.807) is 6.42 Å². The topological polar surface area (TPSA) is 0 Å². The Hall–Kier alpha value is 0.217. The minimum absolute atomic E-state index is 1.13. The molecule has 0 heterocycles. The van der Waals surface area contributed by atoms with Crippen LogP contribution < -0.4 is 0 Å². The molecule has 0 aromatic carbocycles. The highest BCUT2D eigenvalue weighted by Crippen LogP contribution is 2.35. The summed E-state index contributed by atoms with van der Waals surface area (Å²) in [7, 11) is 1.45. The van der Waals surface area contributed by atoms with Gasteiger partial charge in [-0.05, 0) is 5.92 Å². The Morgan fingerprint density at radius 1 is 1.50 bits per heavy atom. The van der Waals surface area contributed by atoms with Crippen molar-refractivity contribution in [1.29, 1.82) is 0 Å². The first kappa shape index (κ1) is 6.34. The predicted octanol–water partition coefficient (Wildman–Crippen LogP) is 1.35. The summed E-state index contributed by atoms with van der Waals surface area (Å²) in [6.07, 6.45) is 6.04. The highest BCUT2D eigenvalue weighted by Gasteiger charge is 2.20. The lowest BCUT2D eigenvalue weighted by Gasteiger charge is -2.10. The van der Waals surface area contributed by atoms with Crippen molar-refractivity contribution in [3.05, 3.63) is 0 Å². The first-order valence-corrected chi connectivity index (χ1v) is 5.00. The van der Waals surface area contributed by atoms with E-state index in [0.717, 1.165) is 5.92 Å². The molecule has 1 heteroatoms. The zero-order chi connectivity index (χ0) is 5.98. The molecule has 0 radical (unpaired) electrons. The molecule has 0 bridgehead atoms. The molecule has 0 aromatic rings. The predicted molar refractivity (Wildman–Crippen MR) is 41.3 cm³/mol. The molecule has 0 spiro atoms. The fourth-order valence-electron chi connectivity index (χ4n) is 1.83. The van der Waals surface area contributed by atoms with Gasteiger partial charge >= 0.3 is 0 Å². The van der Waals surface area contributed by atoms with Gasteiger partial charge in [-0.15, -0.1) is 0 Å². The van der Waals surface area contributed by atoms with Crippen LogP contribution in [-0.4, -0.2) is 10.2 Å². The van der Waals surface area contributed by atoms with Crippen LogP contribution in [0.15, 0.2) is 0 Å². The summed E-state index contributed by atoms with van der Waals surface area (Å²) >= 11 is 0. The second-order valence-corrected chi connectivity index (χ2v) is 4.56. The lowest BCUT2D eigenvalue weighted by molar-refractivity contribution is 0.530. The minimum Gasteiger partial charge on any atom is -0.0651 e. The minimum atomic E-state index is 1.13. The van der Waals surface area contributed by atoms with Crippen LogP contribution in [0.2, 0.25) is 5.54 Å². The van der Waals surface area contributed by atoms with E-state index < -0.39 is 0 Å². The molecule has 1 aliphatic carbocycles. The second kappa shape index (κ2) is 2.67. The van der Waals surface area contributed by atoms with E-state index in [0.29, 0.717) is 0 Å². The molecule has 8 heavy (non-hydrogen) atoms. The fraction of sp³-hybridized carbons (Fsp3) is 1.00. The average molecular weight is 128 g/mol. The third kappa shape index (κ3) is 1.13.